The van der Waals surface area contributed by atoms with Gasteiger partial charge in [0.15, 0.2) is 0 Å². The van der Waals surface area contributed by atoms with Crippen molar-refractivity contribution < 1.29 is 47.3 Å². The first-order chi connectivity index (χ1) is 23.4. The van der Waals surface area contributed by atoms with Gasteiger partial charge < -0.3 is 18.5 Å². The van der Waals surface area contributed by atoms with Gasteiger partial charge in [0.2, 0.25) is 11.8 Å². The quantitative estimate of drug-likeness (QED) is 0.148. The van der Waals surface area contributed by atoms with Crippen LogP contribution in [0.2, 0.25) is 0 Å². The number of alkyl halides is 1. The minimum atomic E-state index is -0.655. The molecule has 2 aliphatic heterocycles. The normalized spacial score (nSPS) is 18.8. The second kappa shape index (κ2) is 21.6. The lowest BCUT2D eigenvalue weighted by Gasteiger charge is -2.25. The van der Waals surface area contributed by atoms with Crippen LogP contribution >= 0.6 is 33.5 Å². The van der Waals surface area contributed by atoms with Gasteiger partial charge in [-0.05, 0) is 44.2 Å². The Morgan fingerprint density at radius 2 is 1.18 bits per heavy atom. The van der Waals surface area contributed by atoms with Gasteiger partial charge >= 0.3 is 24.1 Å². The highest BCUT2D eigenvalue weighted by molar-refractivity contribution is 9.10. The summed E-state index contributed by atoms with van der Waals surface area (Å²) in [5, 5.41) is 0. The lowest BCUT2D eigenvalue weighted by Crippen LogP contribution is -2.45. The topological polar surface area (TPSA) is 146 Å². The van der Waals surface area contributed by atoms with Crippen molar-refractivity contribution in [2.45, 2.75) is 63.9 Å². The van der Waals surface area contributed by atoms with Crippen LogP contribution in [0.3, 0.4) is 0 Å². The number of amides is 4. The highest BCUT2D eigenvalue weighted by atomic mass is 79.9. The van der Waals surface area contributed by atoms with E-state index >= 15 is 0 Å². The van der Waals surface area contributed by atoms with Crippen LogP contribution in [0.25, 0.3) is 0 Å². The Morgan fingerprint density at radius 3 is 1.59 bits per heavy atom. The Balaban J connectivity index is 0.000000289. The monoisotopic (exact) mass is 782 g/mol. The number of cyclic esters (lactones) is 2. The summed E-state index contributed by atoms with van der Waals surface area (Å²) in [6, 6.07) is 18.9. The van der Waals surface area contributed by atoms with Gasteiger partial charge in [-0.2, -0.15) is 0 Å². The Labute approximate surface area is 299 Å². The Bertz CT molecular complexity index is 1400. The van der Waals surface area contributed by atoms with Gasteiger partial charge in [-0.1, -0.05) is 97.4 Å². The maximum absolute atomic E-state index is 12.7. The maximum Gasteiger partial charge on any atom is 0.416 e. The Hall–Kier alpha value is -3.40. The molecule has 2 aromatic rings. The molecule has 7 atom stereocenters. The third-order valence-corrected chi connectivity index (χ3v) is 8.78. The summed E-state index contributed by atoms with van der Waals surface area (Å²) >= 11 is 3.07. The first kappa shape index (κ1) is 41.8. The molecule has 0 aromatic heterocycles. The molecule has 0 saturated carbocycles. The van der Waals surface area contributed by atoms with Crippen LogP contribution in [0.15, 0.2) is 60.7 Å². The molecule has 0 aliphatic carbocycles. The lowest BCUT2D eigenvalue weighted by molar-refractivity contribution is -0.145. The highest BCUT2D eigenvalue weighted by Gasteiger charge is 2.42. The number of carbonyl (C=O) groups is 6. The van der Waals surface area contributed by atoms with E-state index in [4.69, 9.17) is 14.0 Å². The van der Waals surface area contributed by atoms with Crippen molar-refractivity contribution >= 4 is 69.5 Å². The fraction of sp³-hybridized carbons (Fsp3) is 0.471. The average Bonchev–Trinajstić information content (AvgIpc) is 3.65. The Morgan fingerprint density at radius 1 is 0.755 bits per heavy atom. The van der Waals surface area contributed by atoms with Gasteiger partial charge in [-0.3, -0.25) is 19.2 Å². The molecule has 4 amide bonds. The fourth-order valence-corrected chi connectivity index (χ4v) is 5.78. The van der Waals surface area contributed by atoms with Crippen molar-refractivity contribution in [3.8, 4) is 0 Å². The molecule has 2 fully saturated rings. The fourth-order valence-electron chi connectivity index (χ4n) is 4.75. The molecule has 0 N–H and O–H groups in total. The van der Waals surface area contributed by atoms with Crippen molar-refractivity contribution in [3.63, 3.8) is 0 Å². The van der Waals surface area contributed by atoms with Crippen LogP contribution < -0.4 is 0 Å². The molecule has 2 aliphatic rings. The summed E-state index contributed by atoms with van der Waals surface area (Å²) in [4.78, 5) is 72.4. The van der Waals surface area contributed by atoms with Crippen LogP contribution in [0.5, 0.6) is 0 Å². The third kappa shape index (κ3) is 13.1. The van der Waals surface area contributed by atoms with E-state index in [0.717, 1.165) is 16.0 Å². The maximum atomic E-state index is 12.7. The SMILES string of the molecule is CCC(=O)N1C(=O)OCC1Cc1ccccc1.CPOC(=O)C(C)Br.CPOC(=O)C(C)C(C)C(=O)N1C(=O)OCC1Cc1ccccc1. The number of ether oxygens (including phenoxy) is 2. The molecule has 49 heavy (non-hydrogen) atoms. The second-order valence-corrected chi connectivity index (χ2v) is 13.7. The van der Waals surface area contributed by atoms with Crippen LogP contribution in [0.1, 0.15) is 45.2 Å². The average molecular weight is 784 g/mol. The zero-order valence-corrected chi connectivity index (χ0v) is 32.1. The number of benzene rings is 2. The smallest absolute Gasteiger partial charge is 0.416 e. The summed E-state index contributed by atoms with van der Waals surface area (Å²) in [6.07, 6.45) is 0.335. The second-order valence-electron chi connectivity index (χ2n) is 11.1. The molecular weight excluding hydrogens is 738 g/mol. The molecule has 0 bridgehead atoms. The van der Waals surface area contributed by atoms with Gasteiger partial charge in [-0.25, -0.2) is 19.4 Å². The molecular formula is C34H45BrN2O10P2. The number of nitrogens with zero attached hydrogens (tertiary/aromatic N) is 2. The van der Waals surface area contributed by atoms with E-state index in [2.05, 4.69) is 20.5 Å². The number of hydrogen-bond acceptors (Lipinski definition) is 10. The molecule has 2 aromatic carbocycles. The molecule has 2 saturated heterocycles. The molecule has 0 spiro atoms. The van der Waals surface area contributed by atoms with Gasteiger partial charge in [0.25, 0.3) is 0 Å². The zero-order valence-electron chi connectivity index (χ0n) is 28.6. The molecule has 4 rings (SSSR count). The molecule has 268 valence electrons. The summed E-state index contributed by atoms with van der Waals surface area (Å²) in [5.74, 6) is -2.46. The number of rotatable bonds is 11. The lowest BCUT2D eigenvalue weighted by atomic mass is 9.94. The Kier molecular flexibility index (Phi) is 18.4. The number of carbonyl (C=O) groups excluding carboxylic acids is 6. The van der Waals surface area contributed by atoms with Crippen molar-refractivity contribution in [2.24, 2.45) is 11.8 Å². The van der Waals surface area contributed by atoms with E-state index < -0.39 is 35.9 Å². The highest BCUT2D eigenvalue weighted by Crippen LogP contribution is 2.25. The molecule has 15 heteroatoms. The van der Waals surface area contributed by atoms with Crippen molar-refractivity contribution in [2.75, 3.05) is 26.5 Å². The molecule has 2 heterocycles. The number of hydrogen-bond donors (Lipinski definition) is 0. The standard InChI is InChI=1S/C17H22NO5P.C13H15NO3.C4H8BrO2P/c1-11(12(2)16(20)23-24-3)15(19)18-14(10-22-17(18)21)9-13-7-5-4-6-8-13;1-2-12(15)14-11(9-17-13(14)16)8-10-6-4-3-5-7-10;1-3(5)4(6)7-8-2/h4-8,11-12,14,24H,9-10H2,1-3H3;3-7,11H,2,8-9H2,1H3;3,8H,1-2H3. The van der Waals surface area contributed by atoms with Crippen LogP contribution in [0, 0.1) is 11.8 Å². The van der Waals surface area contributed by atoms with Crippen LogP contribution in [-0.4, -0.2) is 89.2 Å². The first-order valence-electron chi connectivity index (χ1n) is 15.8. The largest absolute Gasteiger partial charge is 0.448 e. The predicted octanol–water partition coefficient (Wildman–Crippen LogP) is 6.14. The van der Waals surface area contributed by atoms with E-state index in [9.17, 15) is 28.8 Å². The minimum Gasteiger partial charge on any atom is -0.448 e. The summed E-state index contributed by atoms with van der Waals surface area (Å²) in [6.45, 7) is 10.8. The van der Waals surface area contributed by atoms with E-state index in [1.165, 1.54) is 4.90 Å². The third-order valence-electron chi connectivity index (χ3n) is 7.60. The van der Waals surface area contributed by atoms with E-state index in [1.54, 1.807) is 34.4 Å². The first-order valence-corrected chi connectivity index (χ1v) is 19.5. The van der Waals surface area contributed by atoms with Gasteiger partial charge in [0, 0.05) is 12.3 Å². The van der Waals surface area contributed by atoms with Gasteiger partial charge in [0.05, 0.1) is 35.6 Å². The van der Waals surface area contributed by atoms with E-state index in [-0.39, 0.29) is 53.0 Å². The van der Waals surface area contributed by atoms with Gasteiger partial charge in [-0.15, -0.1) is 0 Å². The summed E-state index contributed by atoms with van der Waals surface area (Å²) < 4.78 is 19.6. The van der Waals surface area contributed by atoms with E-state index in [1.807, 2.05) is 67.3 Å². The van der Waals surface area contributed by atoms with Crippen LogP contribution in [-0.2, 0) is 50.5 Å². The predicted molar refractivity (Wildman–Crippen MR) is 192 cm³/mol. The van der Waals surface area contributed by atoms with E-state index in [0.29, 0.717) is 25.9 Å². The number of halogens is 1. The van der Waals surface area contributed by atoms with Crippen molar-refractivity contribution in [1.29, 1.82) is 0 Å². The zero-order chi connectivity index (χ0) is 36.5. The minimum absolute atomic E-state index is 0.0298. The van der Waals surface area contributed by atoms with Crippen molar-refractivity contribution in [3.05, 3.63) is 71.8 Å². The van der Waals surface area contributed by atoms with Gasteiger partial charge in [0.1, 0.15) is 18.0 Å². The number of imide groups is 2. The van der Waals surface area contributed by atoms with Crippen LogP contribution in [0.4, 0.5) is 9.59 Å². The molecule has 7 unspecified atom stereocenters. The molecule has 0 radical (unpaired) electrons. The summed E-state index contributed by atoms with van der Waals surface area (Å²) in [7, 11) is 0.281. The molecule has 12 nitrogen and oxygen atoms in total. The van der Waals surface area contributed by atoms with Crippen molar-refractivity contribution in [1.82, 2.24) is 9.80 Å². The summed E-state index contributed by atoms with van der Waals surface area (Å²) in [5.41, 5.74) is 2.12.